The summed E-state index contributed by atoms with van der Waals surface area (Å²) in [5, 5.41) is 12.8. The first-order valence-corrected chi connectivity index (χ1v) is 7.42. The van der Waals surface area contributed by atoms with Crippen molar-refractivity contribution in [1.82, 2.24) is 0 Å². The van der Waals surface area contributed by atoms with E-state index in [-0.39, 0.29) is 5.97 Å². The lowest BCUT2D eigenvalue weighted by Gasteiger charge is -2.22. The van der Waals surface area contributed by atoms with Crippen LogP contribution in [0, 0.1) is 5.92 Å². The van der Waals surface area contributed by atoms with Crippen molar-refractivity contribution in [3.63, 3.8) is 0 Å². The molecule has 2 atom stereocenters. The minimum atomic E-state index is -0.838. The fourth-order valence-electron chi connectivity index (χ4n) is 2.71. The minimum absolute atomic E-state index is 0.344. The second kappa shape index (κ2) is 7.23. The summed E-state index contributed by atoms with van der Waals surface area (Å²) in [4.78, 5) is 12.0. The van der Waals surface area contributed by atoms with Gasteiger partial charge in [-0.15, -0.1) is 0 Å². The highest BCUT2D eigenvalue weighted by Crippen LogP contribution is 2.32. The number of ether oxygens (including phenoxy) is 1. The number of carbonyl (C=O) groups is 1. The number of hydrogen-bond donors (Lipinski definition) is 1. The third-order valence-corrected chi connectivity index (χ3v) is 3.90. The smallest absolute Gasteiger partial charge is 0.311 e. The molecular formula is C18H22O3. The van der Waals surface area contributed by atoms with Gasteiger partial charge in [0.15, 0.2) is 0 Å². The van der Waals surface area contributed by atoms with E-state index in [0.717, 1.165) is 29.2 Å². The van der Waals surface area contributed by atoms with Crippen LogP contribution in [0.1, 0.15) is 37.9 Å². The molecule has 0 saturated carbocycles. The van der Waals surface area contributed by atoms with E-state index >= 15 is 0 Å². The highest BCUT2D eigenvalue weighted by atomic mass is 16.5. The minimum Gasteiger partial charge on any atom is -0.469 e. The standard InChI is InChI=1S/C18H22O3/c1-3-4-10-16(18(20)21-2)17(19)15-12-7-9-13-8-5-6-11-14(13)15/h5-9,11-12,16-17,19H,3-4,10H2,1-2H3. The van der Waals surface area contributed by atoms with Gasteiger partial charge in [-0.1, -0.05) is 62.2 Å². The first-order valence-electron chi connectivity index (χ1n) is 7.42. The van der Waals surface area contributed by atoms with Gasteiger partial charge >= 0.3 is 5.97 Å². The molecule has 0 aliphatic carbocycles. The second-order valence-corrected chi connectivity index (χ2v) is 5.29. The molecule has 0 saturated heterocycles. The highest BCUT2D eigenvalue weighted by Gasteiger charge is 2.29. The van der Waals surface area contributed by atoms with E-state index in [9.17, 15) is 9.90 Å². The zero-order valence-corrected chi connectivity index (χ0v) is 12.6. The van der Waals surface area contributed by atoms with Crippen molar-refractivity contribution in [3.8, 4) is 0 Å². The third-order valence-electron chi connectivity index (χ3n) is 3.90. The molecule has 0 fully saturated rings. The molecule has 1 N–H and O–H groups in total. The summed E-state index contributed by atoms with van der Waals surface area (Å²) < 4.78 is 4.87. The Kier molecular flexibility index (Phi) is 5.34. The lowest BCUT2D eigenvalue weighted by molar-refractivity contribution is -0.150. The summed E-state index contributed by atoms with van der Waals surface area (Å²) in [7, 11) is 1.37. The SMILES string of the molecule is CCCCC(C(=O)OC)C(O)c1cccc2ccccc12. The molecule has 112 valence electrons. The molecule has 21 heavy (non-hydrogen) atoms. The van der Waals surface area contributed by atoms with E-state index in [4.69, 9.17) is 4.74 Å². The van der Waals surface area contributed by atoms with Crippen molar-refractivity contribution in [2.45, 2.75) is 32.3 Å². The number of rotatable bonds is 6. The second-order valence-electron chi connectivity index (χ2n) is 5.29. The molecule has 0 aliphatic rings. The molecule has 0 radical (unpaired) electrons. The zero-order valence-electron chi connectivity index (χ0n) is 12.6. The number of fused-ring (bicyclic) bond motifs is 1. The summed E-state index contributed by atoms with van der Waals surface area (Å²) >= 11 is 0. The Morgan fingerprint density at radius 1 is 1.19 bits per heavy atom. The van der Waals surface area contributed by atoms with Crippen molar-refractivity contribution < 1.29 is 14.6 Å². The third kappa shape index (κ3) is 3.42. The van der Waals surface area contributed by atoms with E-state index in [1.807, 2.05) is 42.5 Å². The van der Waals surface area contributed by atoms with Crippen LogP contribution < -0.4 is 0 Å². The van der Waals surface area contributed by atoms with Crippen LogP contribution in [0.4, 0.5) is 0 Å². The molecule has 2 aromatic carbocycles. The average molecular weight is 286 g/mol. The maximum absolute atomic E-state index is 12.0. The number of methoxy groups -OCH3 is 1. The van der Waals surface area contributed by atoms with Crippen LogP contribution in [0.3, 0.4) is 0 Å². The molecule has 0 heterocycles. The summed E-state index contributed by atoms with van der Waals surface area (Å²) in [6.07, 6.45) is 1.67. The predicted octanol–water partition coefficient (Wildman–Crippen LogP) is 3.85. The summed E-state index contributed by atoms with van der Waals surface area (Å²) in [6.45, 7) is 2.07. The van der Waals surface area contributed by atoms with E-state index in [1.165, 1.54) is 7.11 Å². The number of unbranched alkanes of at least 4 members (excludes halogenated alkanes) is 1. The van der Waals surface area contributed by atoms with Crippen molar-refractivity contribution in [2.75, 3.05) is 7.11 Å². The summed E-state index contributed by atoms with van der Waals surface area (Å²) in [5.41, 5.74) is 0.791. The van der Waals surface area contributed by atoms with Gasteiger partial charge in [-0.3, -0.25) is 4.79 Å². The van der Waals surface area contributed by atoms with Gasteiger partial charge in [0.1, 0.15) is 0 Å². The first-order chi connectivity index (χ1) is 10.2. The van der Waals surface area contributed by atoms with Gasteiger partial charge in [-0.2, -0.15) is 0 Å². The Balaban J connectivity index is 2.38. The number of benzene rings is 2. The monoisotopic (exact) mass is 286 g/mol. The Morgan fingerprint density at radius 2 is 1.90 bits per heavy atom. The highest BCUT2D eigenvalue weighted by molar-refractivity contribution is 5.86. The van der Waals surface area contributed by atoms with Crippen molar-refractivity contribution >= 4 is 16.7 Å². The molecule has 0 bridgehead atoms. The van der Waals surface area contributed by atoms with Crippen LogP contribution in [-0.2, 0) is 9.53 Å². The van der Waals surface area contributed by atoms with Gasteiger partial charge in [0.2, 0.25) is 0 Å². The lowest BCUT2D eigenvalue weighted by atomic mass is 9.88. The van der Waals surface area contributed by atoms with Gasteiger partial charge in [-0.05, 0) is 22.8 Å². The van der Waals surface area contributed by atoms with Crippen LogP contribution in [0.5, 0.6) is 0 Å². The Hall–Kier alpha value is -1.87. The molecule has 0 amide bonds. The zero-order chi connectivity index (χ0) is 15.2. The van der Waals surface area contributed by atoms with Crippen molar-refractivity contribution in [3.05, 3.63) is 48.0 Å². The molecular weight excluding hydrogens is 264 g/mol. The van der Waals surface area contributed by atoms with E-state index in [0.29, 0.717) is 6.42 Å². The van der Waals surface area contributed by atoms with Gasteiger partial charge in [0.25, 0.3) is 0 Å². The van der Waals surface area contributed by atoms with E-state index < -0.39 is 12.0 Å². The fraction of sp³-hybridized carbons (Fsp3) is 0.389. The largest absolute Gasteiger partial charge is 0.469 e. The number of aliphatic hydroxyl groups is 1. The quantitative estimate of drug-likeness (QED) is 0.820. The van der Waals surface area contributed by atoms with Crippen LogP contribution in [0.25, 0.3) is 10.8 Å². The normalized spacial score (nSPS) is 13.9. The Labute approximate surface area is 125 Å². The van der Waals surface area contributed by atoms with Gasteiger partial charge in [-0.25, -0.2) is 0 Å². The number of aliphatic hydroxyl groups excluding tert-OH is 1. The van der Waals surface area contributed by atoms with Crippen LogP contribution >= 0.6 is 0 Å². The van der Waals surface area contributed by atoms with Crippen LogP contribution in [0.15, 0.2) is 42.5 Å². The van der Waals surface area contributed by atoms with Crippen molar-refractivity contribution in [1.29, 1.82) is 0 Å². The number of carbonyl (C=O) groups excluding carboxylic acids is 1. The molecule has 0 aliphatic heterocycles. The Morgan fingerprint density at radius 3 is 2.62 bits per heavy atom. The van der Waals surface area contributed by atoms with Gasteiger partial charge < -0.3 is 9.84 Å². The maximum atomic E-state index is 12.0. The van der Waals surface area contributed by atoms with Crippen molar-refractivity contribution in [2.24, 2.45) is 5.92 Å². The fourth-order valence-corrected chi connectivity index (χ4v) is 2.71. The topological polar surface area (TPSA) is 46.5 Å². The molecule has 3 heteroatoms. The molecule has 0 aromatic heterocycles. The van der Waals surface area contributed by atoms with E-state index in [2.05, 4.69) is 6.92 Å². The van der Waals surface area contributed by atoms with Crippen LogP contribution in [-0.4, -0.2) is 18.2 Å². The number of esters is 1. The predicted molar refractivity (Wildman–Crippen MR) is 83.9 cm³/mol. The summed E-state index contributed by atoms with van der Waals surface area (Å²) in [5.74, 6) is -0.857. The summed E-state index contributed by atoms with van der Waals surface area (Å²) in [6, 6.07) is 13.7. The molecule has 2 aromatic rings. The first kappa shape index (κ1) is 15.5. The van der Waals surface area contributed by atoms with Gasteiger partial charge in [0.05, 0.1) is 19.1 Å². The molecule has 3 nitrogen and oxygen atoms in total. The van der Waals surface area contributed by atoms with E-state index in [1.54, 1.807) is 0 Å². The van der Waals surface area contributed by atoms with Gasteiger partial charge in [0, 0.05) is 0 Å². The molecule has 0 spiro atoms. The van der Waals surface area contributed by atoms with Crippen LogP contribution in [0.2, 0.25) is 0 Å². The number of hydrogen-bond acceptors (Lipinski definition) is 3. The maximum Gasteiger partial charge on any atom is 0.311 e. The molecule has 2 unspecified atom stereocenters. The average Bonchev–Trinajstić information content (AvgIpc) is 2.54. The Bertz CT molecular complexity index is 601. The lowest BCUT2D eigenvalue weighted by Crippen LogP contribution is -2.24. The molecule has 2 rings (SSSR count).